The fourth-order valence-corrected chi connectivity index (χ4v) is 0.996. The molecule has 15 heavy (non-hydrogen) atoms. The van der Waals surface area contributed by atoms with Crippen LogP contribution in [-0.2, 0) is 0 Å². The van der Waals surface area contributed by atoms with Crippen molar-refractivity contribution in [3.8, 4) is 5.75 Å². The molecule has 82 valence electrons. The Hall–Kier alpha value is -2.05. The van der Waals surface area contributed by atoms with E-state index in [2.05, 4.69) is 4.74 Å². The zero-order valence-electron chi connectivity index (χ0n) is 7.41. The molecule has 0 amide bonds. The molecular formula is C8H8F2N2O3. The van der Waals surface area contributed by atoms with Crippen molar-refractivity contribution in [2.75, 3.05) is 11.5 Å². The van der Waals surface area contributed by atoms with Crippen molar-refractivity contribution in [2.45, 2.75) is 6.61 Å². The van der Waals surface area contributed by atoms with E-state index >= 15 is 0 Å². The number of benzene rings is 1. The van der Waals surface area contributed by atoms with Gasteiger partial charge in [0.2, 0.25) is 0 Å². The van der Waals surface area contributed by atoms with Crippen molar-refractivity contribution in [3.63, 3.8) is 0 Å². The molecule has 5 nitrogen and oxygen atoms in total. The van der Waals surface area contributed by atoms with Gasteiger partial charge in [0.1, 0.15) is 5.75 Å². The van der Waals surface area contributed by atoms with Crippen LogP contribution in [0.2, 0.25) is 0 Å². The van der Waals surface area contributed by atoms with Crippen LogP contribution in [0.1, 0.15) is 10.4 Å². The third-order valence-electron chi connectivity index (χ3n) is 1.64. The molecule has 0 aliphatic rings. The molecule has 0 aromatic heterocycles. The van der Waals surface area contributed by atoms with Crippen LogP contribution in [0.15, 0.2) is 12.1 Å². The van der Waals surface area contributed by atoms with Crippen molar-refractivity contribution in [2.24, 2.45) is 0 Å². The third-order valence-corrected chi connectivity index (χ3v) is 1.64. The smallest absolute Gasteiger partial charge is 0.387 e. The number of aromatic carboxylic acids is 1. The van der Waals surface area contributed by atoms with E-state index in [1.54, 1.807) is 0 Å². The molecule has 1 aromatic rings. The zero-order valence-corrected chi connectivity index (χ0v) is 7.41. The van der Waals surface area contributed by atoms with Crippen LogP contribution < -0.4 is 16.2 Å². The van der Waals surface area contributed by atoms with Gasteiger partial charge in [-0.25, -0.2) is 4.79 Å². The summed E-state index contributed by atoms with van der Waals surface area (Å²) in [7, 11) is 0. The molecule has 7 heteroatoms. The fraction of sp³-hybridized carbons (Fsp3) is 0.125. The number of ether oxygens (including phenoxy) is 1. The average Bonchev–Trinajstić information content (AvgIpc) is 2.09. The first kappa shape index (κ1) is 11.0. The number of hydrogen-bond acceptors (Lipinski definition) is 4. The second kappa shape index (κ2) is 3.99. The predicted molar refractivity (Wildman–Crippen MR) is 48.9 cm³/mol. The number of carboxylic acids is 1. The van der Waals surface area contributed by atoms with Crippen molar-refractivity contribution >= 4 is 17.3 Å². The van der Waals surface area contributed by atoms with Gasteiger partial charge in [-0.3, -0.25) is 0 Å². The van der Waals surface area contributed by atoms with Crippen LogP contribution in [0.25, 0.3) is 0 Å². The maximum absolute atomic E-state index is 11.8. The first-order valence-corrected chi connectivity index (χ1v) is 3.79. The van der Waals surface area contributed by atoms with Gasteiger partial charge in [0.15, 0.2) is 0 Å². The molecule has 5 N–H and O–H groups in total. The number of anilines is 2. The Morgan fingerprint density at radius 3 is 2.47 bits per heavy atom. The Kier molecular flexibility index (Phi) is 2.93. The Morgan fingerprint density at radius 2 is 2.00 bits per heavy atom. The largest absolute Gasteiger partial charge is 0.478 e. The van der Waals surface area contributed by atoms with Gasteiger partial charge in [-0.1, -0.05) is 0 Å². The lowest BCUT2D eigenvalue weighted by atomic mass is 10.1. The monoisotopic (exact) mass is 218 g/mol. The molecular weight excluding hydrogens is 210 g/mol. The molecule has 0 unspecified atom stereocenters. The van der Waals surface area contributed by atoms with Crippen LogP contribution in [0.5, 0.6) is 5.75 Å². The highest BCUT2D eigenvalue weighted by atomic mass is 19.3. The lowest BCUT2D eigenvalue weighted by molar-refractivity contribution is -0.0498. The molecule has 0 fully saturated rings. The number of rotatable bonds is 3. The van der Waals surface area contributed by atoms with E-state index in [-0.39, 0.29) is 22.7 Å². The first-order valence-electron chi connectivity index (χ1n) is 3.79. The topological polar surface area (TPSA) is 98.6 Å². The van der Waals surface area contributed by atoms with E-state index in [0.29, 0.717) is 0 Å². The molecule has 0 heterocycles. The number of halogens is 2. The molecule has 0 radical (unpaired) electrons. The highest BCUT2D eigenvalue weighted by Gasteiger charge is 2.14. The summed E-state index contributed by atoms with van der Waals surface area (Å²) in [5.74, 6) is -1.70. The Bertz CT molecular complexity index is 396. The maximum atomic E-state index is 11.8. The van der Waals surface area contributed by atoms with Gasteiger partial charge in [0, 0.05) is 6.07 Å². The van der Waals surface area contributed by atoms with Crippen LogP contribution in [0.3, 0.4) is 0 Å². The number of alkyl halides is 2. The van der Waals surface area contributed by atoms with Gasteiger partial charge < -0.3 is 21.3 Å². The standard InChI is InChI=1S/C8H8F2N2O3/c9-8(10)15-3-1-4(7(13)14)6(12)5(11)2-3/h1-2,8H,11-12H2,(H,13,14). The van der Waals surface area contributed by atoms with Crippen molar-refractivity contribution in [1.29, 1.82) is 0 Å². The lowest BCUT2D eigenvalue weighted by Crippen LogP contribution is -2.08. The highest BCUT2D eigenvalue weighted by Crippen LogP contribution is 2.27. The first-order chi connectivity index (χ1) is 6.91. The minimum Gasteiger partial charge on any atom is -0.478 e. The summed E-state index contributed by atoms with van der Waals surface area (Å²) in [6.45, 7) is -3.05. The van der Waals surface area contributed by atoms with Gasteiger partial charge in [-0.2, -0.15) is 8.78 Å². The number of nitrogens with two attached hydrogens (primary N) is 2. The van der Waals surface area contributed by atoms with E-state index in [1.807, 2.05) is 0 Å². The summed E-state index contributed by atoms with van der Waals surface area (Å²) in [6.07, 6.45) is 0. The van der Waals surface area contributed by atoms with Gasteiger partial charge in [0.05, 0.1) is 16.9 Å². The Morgan fingerprint density at radius 1 is 1.40 bits per heavy atom. The van der Waals surface area contributed by atoms with Gasteiger partial charge in [0.25, 0.3) is 0 Å². The van der Waals surface area contributed by atoms with Gasteiger partial charge in [-0.15, -0.1) is 0 Å². The summed E-state index contributed by atoms with van der Waals surface area (Å²) in [6, 6.07) is 1.92. The maximum Gasteiger partial charge on any atom is 0.387 e. The van der Waals surface area contributed by atoms with E-state index < -0.39 is 12.6 Å². The van der Waals surface area contributed by atoms with E-state index in [4.69, 9.17) is 16.6 Å². The molecule has 0 aliphatic carbocycles. The summed E-state index contributed by atoms with van der Waals surface area (Å²) in [4.78, 5) is 10.6. The molecule has 0 saturated carbocycles. The molecule has 1 aromatic carbocycles. The minimum absolute atomic E-state index is 0.120. The molecule has 0 aliphatic heterocycles. The highest BCUT2D eigenvalue weighted by molar-refractivity contribution is 5.97. The summed E-state index contributed by atoms with van der Waals surface area (Å²) >= 11 is 0. The van der Waals surface area contributed by atoms with Gasteiger partial charge >= 0.3 is 12.6 Å². The minimum atomic E-state index is -3.05. The van der Waals surface area contributed by atoms with Crippen molar-refractivity contribution in [1.82, 2.24) is 0 Å². The summed E-state index contributed by atoms with van der Waals surface area (Å²) < 4.78 is 27.7. The second-order valence-electron chi connectivity index (χ2n) is 2.66. The van der Waals surface area contributed by atoms with Crippen LogP contribution >= 0.6 is 0 Å². The molecule has 0 atom stereocenters. The van der Waals surface area contributed by atoms with Crippen LogP contribution in [-0.4, -0.2) is 17.7 Å². The Labute approximate surface area is 83.2 Å². The summed E-state index contributed by atoms with van der Waals surface area (Å²) in [5, 5.41) is 8.67. The average molecular weight is 218 g/mol. The van der Waals surface area contributed by atoms with E-state index in [9.17, 15) is 13.6 Å². The fourth-order valence-electron chi connectivity index (χ4n) is 0.996. The predicted octanol–water partition coefficient (Wildman–Crippen LogP) is 1.15. The Balaban J connectivity index is 3.17. The van der Waals surface area contributed by atoms with Crippen LogP contribution in [0.4, 0.5) is 20.2 Å². The number of nitrogen functional groups attached to an aromatic ring is 2. The molecule has 0 spiro atoms. The summed E-state index contributed by atoms with van der Waals surface area (Å²) in [5.41, 5.74) is 9.99. The number of hydrogen-bond donors (Lipinski definition) is 3. The zero-order chi connectivity index (χ0) is 11.6. The van der Waals surface area contributed by atoms with E-state index in [1.165, 1.54) is 0 Å². The number of carbonyl (C=O) groups is 1. The molecule has 1 rings (SSSR count). The quantitative estimate of drug-likeness (QED) is 0.661. The van der Waals surface area contributed by atoms with Gasteiger partial charge in [-0.05, 0) is 6.07 Å². The van der Waals surface area contributed by atoms with Crippen molar-refractivity contribution < 1.29 is 23.4 Å². The normalized spacial score (nSPS) is 10.3. The third kappa shape index (κ3) is 2.46. The molecule has 0 saturated heterocycles. The lowest BCUT2D eigenvalue weighted by Gasteiger charge is -2.09. The SMILES string of the molecule is Nc1cc(OC(F)F)cc(C(=O)O)c1N. The van der Waals surface area contributed by atoms with Crippen LogP contribution in [0, 0.1) is 0 Å². The second-order valence-corrected chi connectivity index (χ2v) is 2.66. The number of carboxylic acid groups (broad SMARTS) is 1. The van der Waals surface area contributed by atoms with Crippen molar-refractivity contribution in [3.05, 3.63) is 17.7 Å². The molecule has 0 bridgehead atoms. The van der Waals surface area contributed by atoms with E-state index in [0.717, 1.165) is 12.1 Å².